The molecule has 144 valence electrons. The molecule has 1 unspecified atom stereocenters. The molecule has 5 N–H and O–H groups in total. The van der Waals surface area contributed by atoms with E-state index in [1.54, 1.807) is 0 Å². The summed E-state index contributed by atoms with van der Waals surface area (Å²) in [6, 6.07) is -1.32. The van der Waals surface area contributed by atoms with Crippen molar-refractivity contribution >= 4 is 17.8 Å². The summed E-state index contributed by atoms with van der Waals surface area (Å²) in [5.74, 6) is -3.15. The second kappa shape index (κ2) is 8.92. The van der Waals surface area contributed by atoms with Crippen LogP contribution in [0.25, 0.3) is 0 Å². The average molecular weight is 372 g/mol. The predicted molar refractivity (Wildman–Crippen MR) is 86.0 cm³/mol. The van der Waals surface area contributed by atoms with Gasteiger partial charge in [-0.3, -0.25) is 23.9 Å². The predicted octanol–water partition coefficient (Wildman–Crippen LogP) is -3.03. The van der Waals surface area contributed by atoms with Gasteiger partial charge >= 0.3 is 17.6 Å². The molecule has 0 bridgehead atoms. The fourth-order valence-corrected chi connectivity index (χ4v) is 1.95. The lowest BCUT2D eigenvalue weighted by Crippen LogP contribution is -2.46. The van der Waals surface area contributed by atoms with E-state index >= 15 is 0 Å². The SMILES string of the molecule is Cc1cn(COC(=O)C(O)C[C@H](N)C(=O)N(C)CC(=O)O)c(=O)[nH]c1=O. The number of aryl methyl sites for hydroxylation is 1. The summed E-state index contributed by atoms with van der Waals surface area (Å²) < 4.78 is 5.66. The maximum Gasteiger partial charge on any atom is 0.336 e. The van der Waals surface area contributed by atoms with Gasteiger partial charge in [0.1, 0.15) is 6.54 Å². The van der Waals surface area contributed by atoms with Gasteiger partial charge in [0.15, 0.2) is 12.8 Å². The number of ether oxygens (including phenoxy) is 1. The van der Waals surface area contributed by atoms with Gasteiger partial charge < -0.3 is 25.6 Å². The lowest BCUT2D eigenvalue weighted by molar-refractivity contribution is -0.158. The fourth-order valence-electron chi connectivity index (χ4n) is 1.95. The highest BCUT2D eigenvalue weighted by Crippen LogP contribution is 2.03. The lowest BCUT2D eigenvalue weighted by Gasteiger charge is -2.21. The Labute approximate surface area is 146 Å². The highest BCUT2D eigenvalue weighted by atomic mass is 16.6. The number of hydrogen-bond acceptors (Lipinski definition) is 8. The summed E-state index contributed by atoms with van der Waals surface area (Å²) in [6.45, 7) is 0.305. The van der Waals surface area contributed by atoms with Gasteiger partial charge in [0.05, 0.1) is 6.04 Å². The first kappa shape index (κ1) is 21.1. The Hall–Kier alpha value is -2.99. The summed E-state index contributed by atoms with van der Waals surface area (Å²) in [7, 11) is 1.21. The van der Waals surface area contributed by atoms with Crippen LogP contribution >= 0.6 is 0 Å². The van der Waals surface area contributed by atoms with Gasteiger partial charge in [-0.05, 0) is 6.92 Å². The maximum atomic E-state index is 11.8. The molecule has 1 heterocycles. The van der Waals surface area contributed by atoms with E-state index in [-0.39, 0.29) is 5.56 Å². The Bertz CT molecular complexity index is 799. The molecule has 26 heavy (non-hydrogen) atoms. The molecular weight excluding hydrogens is 352 g/mol. The molecule has 1 amide bonds. The Kier molecular flexibility index (Phi) is 7.22. The first-order chi connectivity index (χ1) is 12.0. The number of amides is 1. The number of carbonyl (C=O) groups is 3. The minimum absolute atomic E-state index is 0.218. The van der Waals surface area contributed by atoms with Crippen LogP contribution in [0.3, 0.4) is 0 Å². The number of hydrogen-bond donors (Lipinski definition) is 4. The van der Waals surface area contributed by atoms with Crippen molar-refractivity contribution in [2.45, 2.75) is 32.2 Å². The summed E-state index contributed by atoms with van der Waals surface area (Å²) in [6.07, 6.45) is -1.08. The van der Waals surface area contributed by atoms with Crippen LogP contribution in [0.1, 0.15) is 12.0 Å². The van der Waals surface area contributed by atoms with Crippen molar-refractivity contribution < 1.29 is 29.3 Å². The molecule has 0 spiro atoms. The Morgan fingerprint density at radius 2 is 2.00 bits per heavy atom. The van der Waals surface area contributed by atoms with Gasteiger partial charge in [-0.15, -0.1) is 0 Å². The molecule has 1 rings (SSSR count). The van der Waals surface area contributed by atoms with Crippen molar-refractivity contribution in [2.24, 2.45) is 5.73 Å². The summed E-state index contributed by atoms with van der Waals surface area (Å²) >= 11 is 0. The highest BCUT2D eigenvalue weighted by Gasteiger charge is 2.26. The monoisotopic (exact) mass is 372 g/mol. The minimum atomic E-state index is -1.76. The van der Waals surface area contributed by atoms with Crippen molar-refractivity contribution in [2.75, 3.05) is 13.6 Å². The van der Waals surface area contributed by atoms with E-state index in [4.69, 9.17) is 15.6 Å². The first-order valence-electron chi connectivity index (χ1n) is 7.40. The number of likely N-dealkylation sites (N-methyl/N-ethyl adjacent to an activating group) is 1. The zero-order valence-electron chi connectivity index (χ0n) is 14.2. The van der Waals surface area contributed by atoms with Crippen LogP contribution in [-0.4, -0.2) is 68.2 Å². The number of rotatable bonds is 8. The molecule has 0 fully saturated rings. The Balaban J connectivity index is 2.61. The van der Waals surface area contributed by atoms with E-state index < -0.39 is 60.9 Å². The molecule has 0 aromatic carbocycles. The smallest absolute Gasteiger partial charge is 0.336 e. The van der Waals surface area contributed by atoms with Crippen LogP contribution in [0.4, 0.5) is 0 Å². The molecule has 0 aliphatic heterocycles. The van der Waals surface area contributed by atoms with Crippen molar-refractivity contribution in [3.63, 3.8) is 0 Å². The van der Waals surface area contributed by atoms with Crippen molar-refractivity contribution in [1.29, 1.82) is 0 Å². The van der Waals surface area contributed by atoms with E-state index in [1.807, 2.05) is 4.98 Å². The Morgan fingerprint density at radius 1 is 1.38 bits per heavy atom. The molecule has 1 aromatic rings. The fraction of sp³-hybridized carbons (Fsp3) is 0.500. The number of aromatic amines is 1. The Morgan fingerprint density at radius 3 is 2.58 bits per heavy atom. The molecule has 0 radical (unpaired) electrons. The zero-order valence-corrected chi connectivity index (χ0v) is 14.2. The van der Waals surface area contributed by atoms with Crippen LogP contribution in [0.5, 0.6) is 0 Å². The number of esters is 1. The van der Waals surface area contributed by atoms with Crippen molar-refractivity contribution in [3.05, 3.63) is 32.6 Å². The number of aliphatic hydroxyl groups is 1. The number of carboxylic acid groups (broad SMARTS) is 1. The van der Waals surface area contributed by atoms with Crippen LogP contribution in [0.15, 0.2) is 15.8 Å². The number of nitrogens with zero attached hydrogens (tertiary/aromatic N) is 2. The van der Waals surface area contributed by atoms with E-state index in [9.17, 15) is 29.1 Å². The molecule has 12 nitrogen and oxygen atoms in total. The van der Waals surface area contributed by atoms with Crippen LogP contribution in [0, 0.1) is 6.92 Å². The number of carbonyl (C=O) groups excluding carboxylic acids is 2. The van der Waals surface area contributed by atoms with Gasteiger partial charge in [0, 0.05) is 25.2 Å². The van der Waals surface area contributed by atoms with Gasteiger partial charge in [-0.1, -0.05) is 0 Å². The van der Waals surface area contributed by atoms with Gasteiger partial charge in [-0.2, -0.15) is 0 Å². The first-order valence-corrected chi connectivity index (χ1v) is 7.40. The number of nitrogens with two attached hydrogens (primary N) is 1. The van der Waals surface area contributed by atoms with Crippen LogP contribution in [-0.2, 0) is 25.9 Å². The third kappa shape index (κ3) is 5.82. The molecule has 0 saturated carbocycles. The van der Waals surface area contributed by atoms with Gasteiger partial charge in [-0.25, -0.2) is 9.59 Å². The van der Waals surface area contributed by atoms with Crippen LogP contribution < -0.4 is 17.0 Å². The number of nitrogens with one attached hydrogen (secondary N) is 1. The molecule has 0 aliphatic rings. The zero-order chi connectivity index (χ0) is 20.0. The highest BCUT2D eigenvalue weighted by molar-refractivity contribution is 5.85. The second-order valence-electron chi connectivity index (χ2n) is 5.58. The molecule has 2 atom stereocenters. The second-order valence-corrected chi connectivity index (χ2v) is 5.58. The van der Waals surface area contributed by atoms with E-state index in [0.717, 1.165) is 9.47 Å². The maximum absolute atomic E-state index is 11.8. The minimum Gasteiger partial charge on any atom is -0.480 e. The normalized spacial score (nSPS) is 12.9. The standard InChI is InChI=1S/C14H20N4O8/c1-7-4-18(14(25)16-11(7)22)6-26-13(24)9(19)3-8(15)12(23)17(2)5-10(20)21/h4,8-9,19H,3,5-6,15H2,1-2H3,(H,20,21)(H,16,22,25)/t8-,9?/m0/s1. The molecule has 0 saturated heterocycles. The topological polar surface area (TPSA) is 185 Å². The van der Waals surface area contributed by atoms with Gasteiger partial charge in [0.25, 0.3) is 5.56 Å². The van der Waals surface area contributed by atoms with Crippen molar-refractivity contribution in [3.8, 4) is 0 Å². The third-order valence-corrected chi connectivity index (χ3v) is 3.35. The molecule has 1 aromatic heterocycles. The van der Waals surface area contributed by atoms with E-state index in [0.29, 0.717) is 0 Å². The van der Waals surface area contributed by atoms with Gasteiger partial charge in [0.2, 0.25) is 5.91 Å². The summed E-state index contributed by atoms with van der Waals surface area (Å²) in [4.78, 5) is 59.8. The number of aliphatic carboxylic acids is 1. The molecular formula is C14H20N4O8. The number of H-pyrrole nitrogens is 1. The largest absolute Gasteiger partial charge is 0.480 e. The quantitative estimate of drug-likeness (QED) is 0.344. The van der Waals surface area contributed by atoms with E-state index in [1.165, 1.54) is 20.2 Å². The summed E-state index contributed by atoms with van der Waals surface area (Å²) in [5, 5.41) is 18.4. The number of carboxylic acids is 1. The lowest BCUT2D eigenvalue weighted by atomic mass is 10.1. The van der Waals surface area contributed by atoms with E-state index in [2.05, 4.69) is 0 Å². The molecule has 0 aliphatic carbocycles. The number of aliphatic hydroxyl groups excluding tert-OH is 1. The number of aromatic nitrogens is 2. The van der Waals surface area contributed by atoms with Crippen LogP contribution in [0.2, 0.25) is 0 Å². The molecule has 12 heteroatoms. The average Bonchev–Trinajstić information content (AvgIpc) is 2.54. The van der Waals surface area contributed by atoms with Crippen molar-refractivity contribution in [1.82, 2.24) is 14.5 Å². The third-order valence-electron chi connectivity index (χ3n) is 3.35. The summed E-state index contributed by atoms with van der Waals surface area (Å²) in [5.41, 5.74) is 4.39.